The van der Waals surface area contributed by atoms with Crippen LogP contribution in [0, 0.1) is 11.6 Å². The molecule has 0 aliphatic rings. The molecular formula is C23H21F5N4O6. The van der Waals surface area contributed by atoms with E-state index in [9.17, 15) is 36.7 Å². The molecule has 0 saturated heterocycles. The van der Waals surface area contributed by atoms with Crippen molar-refractivity contribution in [3.63, 3.8) is 0 Å². The molecule has 204 valence electrons. The minimum absolute atomic E-state index is 0.130. The van der Waals surface area contributed by atoms with Gasteiger partial charge in [-0.15, -0.1) is 0 Å². The summed E-state index contributed by atoms with van der Waals surface area (Å²) in [6.07, 6.45) is -6.60. The SMILES string of the molecule is COc1cccc(-n2c(=O)n(Cc3c(F)cccc3C(F)(F)F)c(=O)n(CC(C)(C)NC(=O)O)c2=O)c1F. The molecule has 15 heteroatoms. The van der Waals surface area contributed by atoms with E-state index in [4.69, 9.17) is 9.84 Å². The van der Waals surface area contributed by atoms with Gasteiger partial charge in [0.05, 0.1) is 37.0 Å². The van der Waals surface area contributed by atoms with Gasteiger partial charge in [0.2, 0.25) is 0 Å². The maximum atomic E-state index is 15.1. The highest BCUT2D eigenvalue weighted by Gasteiger charge is 2.35. The van der Waals surface area contributed by atoms with Crippen LogP contribution in [0.4, 0.5) is 26.7 Å². The van der Waals surface area contributed by atoms with Crippen LogP contribution >= 0.6 is 0 Å². The zero-order valence-corrected chi connectivity index (χ0v) is 20.1. The smallest absolute Gasteiger partial charge is 0.416 e. The molecule has 1 amide bonds. The fourth-order valence-electron chi connectivity index (χ4n) is 3.81. The summed E-state index contributed by atoms with van der Waals surface area (Å²) in [5.74, 6) is -3.01. The second-order valence-electron chi connectivity index (χ2n) is 8.73. The van der Waals surface area contributed by atoms with E-state index in [2.05, 4.69) is 5.32 Å². The van der Waals surface area contributed by atoms with Crippen molar-refractivity contribution in [3.05, 3.63) is 90.6 Å². The molecule has 0 fully saturated rings. The molecule has 2 aromatic carbocycles. The van der Waals surface area contributed by atoms with Crippen molar-refractivity contribution in [3.8, 4) is 11.4 Å². The first kappa shape index (κ1) is 28.1. The summed E-state index contributed by atoms with van der Waals surface area (Å²) in [6.45, 7) is 0.541. The molecule has 2 N–H and O–H groups in total. The van der Waals surface area contributed by atoms with Gasteiger partial charge in [0.15, 0.2) is 11.6 Å². The van der Waals surface area contributed by atoms with Crippen LogP contribution in [0.3, 0.4) is 0 Å². The van der Waals surface area contributed by atoms with Crippen molar-refractivity contribution in [1.82, 2.24) is 19.0 Å². The molecule has 0 aliphatic heterocycles. The number of alkyl halides is 3. The molecule has 38 heavy (non-hydrogen) atoms. The van der Waals surface area contributed by atoms with Gasteiger partial charge in [-0.1, -0.05) is 12.1 Å². The quantitative estimate of drug-likeness (QED) is 0.441. The molecule has 0 bridgehead atoms. The maximum absolute atomic E-state index is 15.1. The van der Waals surface area contributed by atoms with E-state index in [1.807, 2.05) is 0 Å². The van der Waals surface area contributed by atoms with Gasteiger partial charge in [0.1, 0.15) is 5.82 Å². The third-order valence-corrected chi connectivity index (χ3v) is 5.45. The Morgan fingerprint density at radius 3 is 2.16 bits per heavy atom. The lowest BCUT2D eigenvalue weighted by atomic mass is 10.1. The van der Waals surface area contributed by atoms with Gasteiger partial charge >= 0.3 is 29.3 Å². The van der Waals surface area contributed by atoms with Crippen LogP contribution in [0.1, 0.15) is 25.0 Å². The number of halogens is 5. The Balaban J connectivity index is 2.41. The number of benzene rings is 2. The lowest BCUT2D eigenvalue weighted by Gasteiger charge is -2.26. The monoisotopic (exact) mass is 544 g/mol. The summed E-state index contributed by atoms with van der Waals surface area (Å²) < 4.78 is 75.9. The summed E-state index contributed by atoms with van der Waals surface area (Å²) in [4.78, 5) is 51.0. The molecule has 0 spiro atoms. The first-order valence-corrected chi connectivity index (χ1v) is 10.7. The second kappa shape index (κ2) is 10.1. The highest BCUT2D eigenvalue weighted by atomic mass is 19.4. The molecule has 10 nitrogen and oxygen atoms in total. The zero-order valence-electron chi connectivity index (χ0n) is 20.1. The van der Waals surface area contributed by atoms with Crippen LogP contribution in [-0.4, -0.2) is 37.5 Å². The Morgan fingerprint density at radius 2 is 1.58 bits per heavy atom. The van der Waals surface area contributed by atoms with Gasteiger partial charge in [-0.2, -0.15) is 13.2 Å². The average Bonchev–Trinajstić information content (AvgIpc) is 2.80. The van der Waals surface area contributed by atoms with Crippen molar-refractivity contribution in [2.24, 2.45) is 0 Å². The van der Waals surface area contributed by atoms with Crippen molar-refractivity contribution in [1.29, 1.82) is 0 Å². The van der Waals surface area contributed by atoms with E-state index in [-0.39, 0.29) is 9.13 Å². The summed E-state index contributed by atoms with van der Waals surface area (Å²) in [5.41, 5.74) is -9.26. The highest BCUT2D eigenvalue weighted by Crippen LogP contribution is 2.33. The van der Waals surface area contributed by atoms with Crippen LogP contribution in [0.5, 0.6) is 5.75 Å². The van der Waals surface area contributed by atoms with Gasteiger partial charge in [0.25, 0.3) is 0 Å². The number of rotatable bonds is 7. The number of carboxylic acid groups (broad SMARTS) is 1. The standard InChI is InChI=1S/C23H21F5N4O6/c1-22(2,29-18(33)34)11-31-19(35)30(10-12-13(23(26,27)28)6-4-7-14(12)24)20(36)32(21(31)37)15-8-5-9-16(38-3)17(15)25/h4-9,29H,10-11H2,1-3H3,(H,33,34). The molecule has 0 radical (unpaired) electrons. The predicted octanol–water partition coefficient (Wildman–Crippen LogP) is 2.56. The fourth-order valence-corrected chi connectivity index (χ4v) is 3.81. The molecule has 3 aromatic rings. The number of hydrogen-bond acceptors (Lipinski definition) is 5. The van der Waals surface area contributed by atoms with Crippen LogP contribution in [0.2, 0.25) is 0 Å². The third kappa shape index (κ3) is 5.45. The Labute approximate surface area is 210 Å². The Bertz CT molecular complexity index is 1570. The van der Waals surface area contributed by atoms with E-state index in [1.165, 1.54) is 19.9 Å². The van der Waals surface area contributed by atoms with Crippen molar-refractivity contribution in [2.45, 2.75) is 38.7 Å². The molecule has 0 atom stereocenters. The summed E-state index contributed by atoms with van der Waals surface area (Å²) >= 11 is 0. The Morgan fingerprint density at radius 1 is 0.974 bits per heavy atom. The Kier molecular flexibility index (Phi) is 7.51. The fraction of sp³-hybridized carbons (Fsp3) is 0.304. The highest BCUT2D eigenvalue weighted by molar-refractivity contribution is 5.65. The summed E-state index contributed by atoms with van der Waals surface area (Å²) in [7, 11) is 1.10. The van der Waals surface area contributed by atoms with Gasteiger partial charge in [-0.3, -0.25) is 0 Å². The first-order chi connectivity index (χ1) is 17.6. The predicted molar refractivity (Wildman–Crippen MR) is 123 cm³/mol. The number of ether oxygens (including phenoxy) is 1. The summed E-state index contributed by atoms with van der Waals surface area (Å²) in [5, 5.41) is 11.1. The van der Waals surface area contributed by atoms with Gasteiger partial charge in [-0.05, 0) is 38.1 Å². The lowest BCUT2D eigenvalue weighted by molar-refractivity contribution is -0.138. The molecule has 3 rings (SSSR count). The minimum Gasteiger partial charge on any atom is -0.494 e. The number of nitrogens with one attached hydrogen (secondary N) is 1. The van der Waals surface area contributed by atoms with Crippen molar-refractivity contribution < 1.29 is 36.6 Å². The largest absolute Gasteiger partial charge is 0.494 e. The second-order valence-corrected chi connectivity index (χ2v) is 8.73. The zero-order chi connectivity index (χ0) is 28.6. The normalized spacial score (nSPS) is 11.9. The van der Waals surface area contributed by atoms with E-state index in [0.717, 1.165) is 25.3 Å². The first-order valence-electron chi connectivity index (χ1n) is 10.7. The van der Waals surface area contributed by atoms with E-state index < -0.39 is 82.2 Å². The van der Waals surface area contributed by atoms with E-state index in [1.54, 1.807) is 0 Å². The maximum Gasteiger partial charge on any atom is 0.416 e. The number of amides is 1. The van der Waals surface area contributed by atoms with Gasteiger partial charge in [0, 0.05) is 5.56 Å². The molecule has 1 heterocycles. The van der Waals surface area contributed by atoms with E-state index >= 15 is 4.39 Å². The topological polar surface area (TPSA) is 125 Å². The summed E-state index contributed by atoms with van der Waals surface area (Å²) in [6, 6.07) is 5.36. The lowest BCUT2D eigenvalue weighted by Crippen LogP contribution is -2.58. The number of aromatic nitrogens is 3. The van der Waals surface area contributed by atoms with Crippen LogP contribution in [0.15, 0.2) is 50.8 Å². The van der Waals surface area contributed by atoms with E-state index in [0.29, 0.717) is 16.7 Å². The van der Waals surface area contributed by atoms with Gasteiger partial charge < -0.3 is 15.2 Å². The molecule has 0 saturated carbocycles. The van der Waals surface area contributed by atoms with Crippen molar-refractivity contribution >= 4 is 6.09 Å². The van der Waals surface area contributed by atoms with Gasteiger partial charge in [-0.25, -0.2) is 41.7 Å². The molecule has 0 unspecified atom stereocenters. The number of carbonyl (C=O) groups is 1. The number of hydrogen-bond donors (Lipinski definition) is 2. The third-order valence-electron chi connectivity index (χ3n) is 5.45. The Hall–Kier alpha value is -4.43. The minimum atomic E-state index is -5.07. The molecule has 0 aliphatic carbocycles. The number of methoxy groups -OCH3 is 1. The van der Waals surface area contributed by atoms with Crippen LogP contribution in [0.25, 0.3) is 5.69 Å². The molecule has 1 aromatic heterocycles. The van der Waals surface area contributed by atoms with Crippen molar-refractivity contribution in [2.75, 3.05) is 7.11 Å². The number of nitrogens with zero attached hydrogens (tertiary/aromatic N) is 3. The van der Waals surface area contributed by atoms with Crippen LogP contribution < -0.4 is 27.1 Å². The molecular weight excluding hydrogens is 523 g/mol. The van der Waals surface area contributed by atoms with Crippen LogP contribution in [-0.2, 0) is 19.3 Å². The average molecular weight is 544 g/mol.